The summed E-state index contributed by atoms with van der Waals surface area (Å²) in [5.74, 6) is 0.471. The Labute approximate surface area is 176 Å². The van der Waals surface area contributed by atoms with Crippen molar-refractivity contribution in [2.45, 2.75) is 42.6 Å². The summed E-state index contributed by atoms with van der Waals surface area (Å²) in [5.41, 5.74) is 0.837. The van der Waals surface area contributed by atoms with Gasteiger partial charge in [0, 0.05) is 24.1 Å². The van der Waals surface area contributed by atoms with Crippen LogP contribution in [0.3, 0.4) is 0 Å². The number of sulfonamides is 1. The average molecular weight is 435 g/mol. The molecule has 1 heterocycles. The Balaban J connectivity index is 1.89. The number of rotatable bonds is 7. The smallest absolute Gasteiger partial charge is 0.261 e. The number of anilines is 1. The quantitative estimate of drug-likeness (QED) is 0.660. The van der Waals surface area contributed by atoms with E-state index in [9.17, 15) is 13.2 Å². The molecule has 156 valence electrons. The highest BCUT2D eigenvalue weighted by Gasteiger charge is 2.24. The predicted octanol–water partition coefficient (Wildman–Crippen LogP) is 4.23. The van der Waals surface area contributed by atoms with Crippen molar-refractivity contribution in [3.8, 4) is 5.75 Å². The molecular formula is C21H26N2O4S2. The van der Waals surface area contributed by atoms with Gasteiger partial charge in [0.15, 0.2) is 0 Å². The normalized spacial score (nSPS) is 14.3. The fourth-order valence-electron chi connectivity index (χ4n) is 3.23. The van der Waals surface area contributed by atoms with E-state index in [0.29, 0.717) is 30.1 Å². The first-order chi connectivity index (χ1) is 13.8. The maximum absolute atomic E-state index is 12.9. The molecule has 2 aromatic carbocycles. The fraction of sp³-hybridized carbons (Fsp3) is 0.381. The Kier molecular flexibility index (Phi) is 6.74. The summed E-state index contributed by atoms with van der Waals surface area (Å²) in [4.78, 5) is 15.5. The lowest BCUT2D eigenvalue weighted by atomic mass is 10.2. The molecular weight excluding hydrogens is 408 g/mol. The maximum atomic E-state index is 12.9. The van der Waals surface area contributed by atoms with E-state index in [1.807, 2.05) is 20.1 Å². The number of carbonyl (C=O) groups excluding carboxylic acids is 1. The van der Waals surface area contributed by atoms with Gasteiger partial charge in [-0.3, -0.25) is 9.52 Å². The van der Waals surface area contributed by atoms with Gasteiger partial charge in [0.25, 0.3) is 15.9 Å². The molecule has 1 aliphatic heterocycles. The lowest BCUT2D eigenvalue weighted by Crippen LogP contribution is -2.28. The Hall–Kier alpha value is -2.19. The molecule has 3 rings (SSSR count). The van der Waals surface area contributed by atoms with E-state index in [1.54, 1.807) is 35.2 Å². The van der Waals surface area contributed by atoms with Crippen molar-refractivity contribution in [1.29, 1.82) is 0 Å². The SMILES string of the molecule is CSc1ccc(S(=O)(=O)Nc2cccc(OC(C)C)c2)cc1C(=O)N1CCCC1. The van der Waals surface area contributed by atoms with Gasteiger partial charge in [-0.2, -0.15) is 0 Å². The molecule has 2 aromatic rings. The van der Waals surface area contributed by atoms with Crippen molar-refractivity contribution in [1.82, 2.24) is 4.90 Å². The highest BCUT2D eigenvalue weighted by molar-refractivity contribution is 7.98. The molecule has 0 atom stereocenters. The van der Waals surface area contributed by atoms with E-state index in [2.05, 4.69) is 4.72 Å². The van der Waals surface area contributed by atoms with E-state index >= 15 is 0 Å². The second-order valence-corrected chi connectivity index (χ2v) is 9.69. The standard InChI is InChI=1S/C21H26N2O4S2/c1-15(2)27-17-8-6-7-16(13-17)22-29(25,26)18-9-10-20(28-3)19(14-18)21(24)23-11-4-5-12-23/h6-10,13-15,22H,4-5,11-12H2,1-3H3. The third kappa shape index (κ3) is 5.25. The summed E-state index contributed by atoms with van der Waals surface area (Å²) < 4.78 is 34.1. The number of ether oxygens (including phenoxy) is 1. The molecule has 8 heteroatoms. The predicted molar refractivity (Wildman–Crippen MR) is 116 cm³/mol. The molecule has 0 aromatic heterocycles. The number of likely N-dealkylation sites (tertiary alicyclic amines) is 1. The molecule has 1 fully saturated rings. The molecule has 0 unspecified atom stereocenters. The van der Waals surface area contributed by atoms with Crippen molar-refractivity contribution in [3.63, 3.8) is 0 Å². The second kappa shape index (κ2) is 9.09. The van der Waals surface area contributed by atoms with Crippen LogP contribution in [-0.2, 0) is 10.0 Å². The zero-order valence-electron chi connectivity index (χ0n) is 16.8. The Morgan fingerprint density at radius 3 is 2.52 bits per heavy atom. The highest BCUT2D eigenvalue weighted by atomic mass is 32.2. The second-order valence-electron chi connectivity index (χ2n) is 7.16. The number of carbonyl (C=O) groups is 1. The van der Waals surface area contributed by atoms with E-state index < -0.39 is 10.0 Å². The lowest BCUT2D eigenvalue weighted by molar-refractivity contribution is 0.0789. The first kappa shape index (κ1) is 21.5. The summed E-state index contributed by atoms with van der Waals surface area (Å²) in [6, 6.07) is 11.5. The minimum absolute atomic E-state index is 0.0138. The van der Waals surface area contributed by atoms with Gasteiger partial charge in [0.1, 0.15) is 5.75 Å². The Morgan fingerprint density at radius 1 is 1.14 bits per heavy atom. The van der Waals surface area contributed by atoms with Crippen molar-refractivity contribution >= 4 is 33.4 Å². The van der Waals surface area contributed by atoms with Crippen LogP contribution in [0, 0.1) is 0 Å². The number of nitrogens with zero attached hydrogens (tertiary/aromatic N) is 1. The summed E-state index contributed by atoms with van der Waals surface area (Å²) in [6.07, 6.45) is 3.83. The van der Waals surface area contributed by atoms with Gasteiger partial charge >= 0.3 is 0 Å². The van der Waals surface area contributed by atoms with Crippen molar-refractivity contribution in [2.75, 3.05) is 24.1 Å². The average Bonchev–Trinajstić information content (AvgIpc) is 3.21. The fourth-order valence-corrected chi connectivity index (χ4v) is 4.88. The van der Waals surface area contributed by atoms with Crippen LogP contribution in [0.15, 0.2) is 52.3 Å². The van der Waals surface area contributed by atoms with Crippen molar-refractivity contribution < 1.29 is 17.9 Å². The van der Waals surface area contributed by atoms with Crippen LogP contribution in [0.2, 0.25) is 0 Å². The number of amides is 1. The zero-order valence-corrected chi connectivity index (χ0v) is 18.5. The van der Waals surface area contributed by atoms with Gasteiger partial charge in [-0.1, -0.05) is 6.07 Å². The Bertz CT molecular complexity index is 984. The van der Waals surface area contributed by atoms with Gasteiger partial charge in [0.2, 0.25) is 0 Å². The van der Waals surface area contributed by atoms with E-state index in [0.717, 1.165) is 17.7 Å². The van der Waals surface area contributed by atoms with E-state index in [4.69, 9.17) is 4.74 Å². The van der Waals surface area contributed by atoms with Crippen LogP contribution >= 0.6 is 11.8 Å². The monoisotopic (exact) mass is 434 g/mol. The summed E-state index contributed by atoms with van der Waals surface area (Å²) >= 11 is 1.43. The minimum atomic E-state index is -3.85. The molecule has 6 nitrogen and oxygen atoms in total. The van der Waals surface area contributed by atoms with Crippen molar-refractivity contribution in [3.05, 3.63) is 48.0 Å². The molecule has 0 aliphatic carbocycles. The maximum Gasteiger partial charge on any atom is 0.261 e. The first-order valence-corrected chi connectivity index (χ1v) is 12.3. The first-order valence-electron chi connectivity index (χ1n) is 9.57. The molecule has 1 saturated heterocycles. The highest BCUT2D eigenvalue weighted by Crippen LogP contribution is 2.28. The number of hydrogen-bond acceptors (Lipinski definition) is 5. The zero-order chi connectivity index (χ0) is 21.0. The van der Waals surface area contributed by atoms with Gasteiger partial charge < -0.3 is 9.64 Å². The molecule has 0 radical (unpaired) electrons. The molecule has 0 bridgehead atoms. The van der Waals surface area contributed by atoms with Crippen LogP contribution in [0.4, 0.5) is 5.69 Å². The van der Waals surface area contributed by atoms with Crippen molar-refractivity contribution in [2.24, 2.45) is 0 Å². The van der Waals surface area contributed by atoms with E-state index in [-0.39, 0.29) is 16.9 Å². The topological polar surface area (TPSA) is 75.7 Å². The van der Waals surface area contributed by atoms with Gasteiger partial charge in [-0.15, -0.1) is 11.8 Å². The molecule has 1 N–H and O–H groups in total. The summed E-state index contributed by atoms with van der Waals surface area (Å²) in [7, 11) is -3.85. The largest absolute Gasteiger partial charge is 0.491 e. The van der Waals surface area contributed by atoms with Crippen LogP contribution in [0.1, 0.15) is 37.0 Å². The van der Waals surface area contributed by atoms with E-state index in [1.165, 1.54) is 23.9 Å². The minimum Gasteiger partial charge on any atom is -0.491 e. The molecule has 0 saturated carbocycles. The van der Waals surface area contributed by atoms with Gasteiger partial charge in [-0.25, -0.2) is 8.42 Å². The van der Waals surface area contributed by atoms with Crippen LogP contribution in [0.5, 0.6) is 5.75 Å². The molecule has 0 spiro atoms. The molecule has 29 heavy (non-hydrogen) atoms. The molecule has 1 amide bonds. The molecule has 1 aliphatic rings. The summed E-state index contributed by atoms with van der Waals surface area (Å²) in [6.45, 7) is 5.24. The number of nitrogens with one attached hydrogen (secondary N) is 1. The number of benzene rings is 2. The van der Waals surface area contributed by atoms with Crippen LogP contribution < -0.4 is 9.46 Å². The third-order valence-corrected chi connectivity index (χ3v) is 6.74. The number of thioether (sulfide) groups is 1. The van der Waals surface area contributed by atoms with Crippen LogP contribution in [0.25, 0.3) is 0 Å². The van der Waals surface area contributed by atoms with Gasteiger partial charge in [-0.05, 0) is 63.3 Å². The lowest BCUT2D eigenvalue weighted by Gasteiger charge is -2.18. The van der Waals surface area contributed by atoms with Gasteiger partial charge in [0.05, 0.1) is 22.3 Å². The van der Waals surface area contributed by atoms with Crippen LogP contribution in [-0.4, -0.2) is 44.7 Å². The Morgan fingerprint density at radius 2 is 1.86 bits per heavy atom. The summed E-state index contributed by atoms with van der Waals surface area (Å²) in [5, 5.41) is 0. The number of hydrogen-bond donors (Lipinski definition) is 1. The third-order valence-electron chi connectivity index (χ3n) is 4.56.